The van der Waals surface area contributed by atoms with Crippen molar-refractivity contribution in [1.29, 1.82) is 0 Å². The molecule has 1 rings (SSSR count). The van der Waals surface area contributed by atoms with Crippen LogP contribution in [-0.4, -0.2) is 19.0 Å². The Kier molecular flexibility index (Phi) is 4.41. The molecule has 1 amide bonds. The van der Waals surface area contributed by atoms with E-state index in [0.29, 0.717) is 6.54 Å². The predicted octanol–water partition coefficient (Wildman–Crippen LogP) is 1.79. The number of anilines is 1. The van der Waals surface area contributed by atoms with Gasteiger partial charge in [-0.15, -0.1) is 0 Å². The maximum Gasteiger partial charge on any atom is 0.239 e. The lowest BCUT2D eigenvalue weighted by atomic mass is 10.3. The van der Waals surface area contributed by atoms with Gasteiger partial charge in [0.25, 0.3) is 0 Å². The second kappa shape index (κ2) is 5.86. The fourth-order valence-electron chi connectivity index (χ4n) is 1.05. The molecule has 3 heteroatoms. The van der Waals surface area contributed by atoms with E-state index in [9.17, 15) is 4.79 Å². The molecule has 0 radical (unpaired) electrons. The van der Waals surface area contributed by atoms with Crippen LogP contribution in [0.25, 0.3) is 0 Å². The third kappa shape index (κ3) is 4.86. The van der Waals surface area contributed by atoms with Gasteiger partial charge >= 0.3 is 0 Å². The zero-order valence-electron chi connectivity index (χ0n) is 8.92. The number of rotatable bonds is 5. The normalized spacial score (nSPS) is 9.40. The average molecular weight is 204 g/mol. The minimum absolute atomic E-state index is 0.0261. The summed E-state index contributed by atoms with van der Waals surface area (Å²) in [5.74, 6) is -0.0261. The van der Waals surface area contributed by atoms with Crippen molar-refractivity contribution in [2.24, 2.45) is 0 Å². The molecule has 0 aliphatic heterocycles. The van der Waals surface area contributed by atoms with Crippen LogP contribution >= 0.6 is 0 Å². The zero-order valence-corrected chi connectivity index (χ0v) is 8.92. The monoisotopic (exact) mass is 204 g/mol. The first kappa shape index (κ1) is 11.3. The van der Waals surface area contributed by atoms with Gasteiger partial charge in [0, 0.05) is 12.2 Å². The molecule has 0 fully saturated rings. The van der Waals surface area contributed by atoms with Gasteiger partial charge in [-0.3, -0.25) is 4.79 Å². The minimum Gasteiger partial charge on any atom is -0.376 e. The Hall–Kier alpha value is -1.77. The van der Waals surface area contributed by atoms with Crippen molar-refractivity contribution in [2.45, 2.75) is 6.92 Å². The molecular formula is C12H16N2O. The highest BCUT2D eigenvalue weighted by molar-refractivity contribution is 5.80. The molecule has 0 saturated heterocycles. The van der Waals surface area contributed by atoms with Gasteiger partial charge in [-0.05, 0) is 19.1 Å². The molecule has 0 aromatic heterocycles. The van der Waals surface area contributed by atoms with E-state index in [-0.39, 0.29) is 12.5 Å². The Balaban J connectivity index is 2.26. The summed E-state index contributed by atoms with van der Waals surface area (Å²) in [6, 6.07) is 9.63. The lowest BCUT2D eigenvalue weighted by molar-refractivity contribution is -0.119. The topological polar surface area (TPSA) is 41.1 Å². The molecule has 0 aliphatic rings. The van der Waals surface area contributed by atoms with Crippen molar-refractivity contribution < 1.29 is 4.79 Å². The van der Waals surface area contributed by atoms with Crippen LogP contribution in [0.5, 0.6) is 0 Å². The van der Waals surface area contributed by atoms with E-state index in [4.69, 9.17) is 0 Å². The highest BCUT2D eigenvalue weighted by Gasteiger charge is 1.99. The number of hydrogen-bond donors (Lipinski definition) is 2. The highest BCUT2D eigenvalue weighted by atomic mass is 16.1. The second-order valence-corrected chi connectivity index (χ2v) is 3.45. The SMILES string of the molecule is C=C(C)CNC(=O)CNc1ccccc1. The van der Waals surface area contributed by atoms with Crippen LogP contribution in [0, 0.1) is 0 Å². The third-order valence-electron chi connectivity index (χ3n) is 1.81. The molecule has 0 aliphatic carbocycles. The fourth-order valence-corrected chi connectivity index (χ4v) is 1.05. The van der Waals surface area contributed by atoms with Crippen LogP contribution in [0.2, 0.25) is 0 Å². The first-order valence-electron chi connectivity index (χ1n) is 4.88. The van der Waals surface area contributed by atoms with Crippen molar-refractivity contribution in [3.8, 4) is 0 Å². The van der Waals surface area contributed by atoms with Crippen LogP contribution in [0.1, 0.15) is 6.92 Å². The van der Waals surface area contributed by atoms with Crippen molar-refractivity contribution in [1.82, 2.24) is 5.32 Å². The molecule has 15 heavy (non-hydrogen) atoms. The summed E-state index contributed by atoms with van der Waals surface area (Å²) in [6.45, 7) is 6.42. The molecule has 0 atom stereocenters. The van der Waals surface area contributed by atoms with Crippen LogP contribution in [0.3, 0.4) is 0 Å². The number of nitrogens with one attached hydrogen (secondary N) is 2. The minimum atomic E-state index is -0.0261. The number of amides is 1. The number of carbonyl (C=O) groups excluding carboxylic acids is 1. The summed E-state index contributed by atoms with van der Waals surface area (Å²) in [7, 11) is 0. The van der Waals surface area contributed by atoms with E-state index in [1.807, 2.05) is 37.3 Å². The molecule has 1 aromatic rings. The lowest BCUT2D eigenvalue weighted by Crippen LogP contribution is -2.30. The first-order chi connectivity index (χ1) is 7.18. The Bertz CT molecular complexity index is 333. The second-order valence-electron chi connectivity index (χ2n) is 3.45. The maximum atomic E-state index is 11.3. The first-order valence-corrected chi connectivity index (χ1v) is 4.88. The standard InChI is InChI=1S/C12H16N2O/c1-10(2)8-14-12(15)9-13-11-6-4-3-5-7-11/h3-7,13H,1,8-9H2,2H3,(H,14,15). The van der Waals surface area contributed by atoms with Gasteiger partial charge < -0.3 is 10.6 Å². The third-order valence-corrected chi connectivity index (χ3v) is 1.81. The molecule has 2 N–H and O–H groups in total. The molecular weight excluding hydrogens is 188 g/mol. The number of hydrogen-bond acceptors (Lipinski definition) is 2. The predicted molar refractivity (Wildman–Crippen MR) is 62.8 cm³/mol. The van der Waals surface area contributed by atoms with Crippen molar-refractivity contribution in [3.05, 3.63) is 42.5 Å². The fraction of sp³-hybridized carbons (Fsp3) is 0.250. The van der Waals surface area contributed by atoms with Gasteiger partial charge in [0.15, 0.2) is 0 Å². The van der Waals surface area contributed by atoms with Gasteiger partial charge in [0.05, 0.1) is 6.54 Å². The van der Waals surface area contributed by atoms with E-state index in [1.165, 1.54) is 0 Å². The van der Waals surface area contributed by atoms with Crippen LogP contribution in [-0.2, 0) is 4.79 Å². The summed E-state index contributed by atoms with van der Waals surface area (Å²) in [5, 5.41) is 5.78. The molecule has 3 nitrogen and oxygen atoms in total. The van der Waals surface area contributed by atoms with E-state index >= 15 is 0 Å². The Labute approximate surface area is 90.2 Å². The molecule has 0 unspecified atom stereocenters. The van der Waals surface area contributed by atoms with Crippen LogP contribution < -0.4 is 10.6 Å². The number of carbonyl (C=O) groups is 1. The van der Waals surface area contributed by atoms with Gasteiger partial charge in [0.1, 0.15) is 0 Å². The van der Waals surface area contributed by atoms with E-state index in [0.717, 1.165) is 11.3 Å². The molecule has 0 heterocycles. The molecule has 0 bridgehead atoms. The van der Waals surface area contributed by atoms with E-state index in [2.05, 4.69) is 17.2 Å². The summed E-state index contributed by atoms with van der Waals surface area (Å²) >= 11 is 0. The average Bonchev–Trinajstić information content (AvgIpc) is 2.25. The number of para-hydroxylation sites is 1. The molecule has 1 aromatic carbocycles. The Morgan fingerprint density at radius 2 is 1.93 bits per heavy atom. The quantitative estimate of drug-likeness (QED) is 0.718. The Morgan fingerprint density at radius 3 is 2.53 bits per heavy atom. The van der Waals surface area contributed by atoms with Crippen molar-refractivity contribution >= 4 is 11.6 Å². The van der Waals surface area contributed by atoms with Gasteiger partial charge in [0.2, 0.25) is 5.91 Å². The maximum absolute atomic E-state index is 11.3. The summed E-state index contributed by atoms with van der Waals surface area (Å²) in [5.41, 5.74) is 1.89. The molecule has 0 saturated carbocycles. The van der Waals surface area contributed by atoms with Crippen molar-refractivity contribution in [2.75, 3.05) is 18.4 Å². The molecule has 0 spiro atoms. The van der Waals surface area contributed by atoms with Gasteiger partial charge in [-0.2, -0.15) is 0 Å². The Morgan fingerprint density at radius 1 is 1.27 bits per heavy atom. The van der Waals surface area contributed by atoms with E-state index < -0.39 is 0 Å². The summed E-state index contributed by atoms with van der Waals surface area (Å²) in [4.78, 5) is 11.3. The highest BCUT2D eigenvalue weighted by Crippen LogP contribution is 2.03. The van der Waals surface area contributed by atoms with Gasteiger partial charge in [-0.25, -0.2) is 0 Å². The van der Waals surface area contributed by atoms with E-state index in [1.54, 1.807) is 0 Å². The molecule has 80 valence electrons. The van der Waals surface area contributed by atoms with Crippen LogP contribution in [0.15, 0.2) is 42.5 Å². The number of benzene rings is 1. The van der Waals surface area contributed by atoms with Gasteiger partial charge in [-0.1, -0.05) is 30.4 Å². The largest absolute Gasteiger partial charge is 0.376 e. The van der Waals surface area contributed by atoms with Crippen LogP contribution in [0.4, 0.5) is 5.69 Å². The summed E-state index contributed by atoms with van der Waals surface area (Å²) in [6.07, 6.45) is 0. The lowest BCUT2D eigenvalue weighted by Gasteiger charge is -2.07. The van der Waals surface area contributed by atoms with Crippen molar-refractivity contribution in [3.63, 3.8) is 0 Å². The smallest absolute Gasteiger partial charge is 0.239 e. The summed E-state index contributed by atoms with van der Waals surface area (Å²) < 4.78 is 0. The zero-order chi connectivity index (χ0) is 11.1.